The zero-order valence-corrected chi connectivity index (χ0v) is 18.5. The first-order valence-corrected chi connectivity index (χ1v) is 10.7. The lowest BCUT2D eigenvalue weighted by Crippen LogP contribution is -2.25. The average molecular weight is 411 g/mol. The second-order valence-electron chi connectivity index (χ2n) is 7.25. The Bertz CT molecular complexity index is 1030. The fraction of sp³-hybridized carbons (Fsp3) is 0.381. The SMILES string of the molecule is CSc1nc(C(C)C)nc(C)c1C(=O)NCc1ccc(-n2nc(C)cc2C)nc1. The molecule has 0 fully saturated rings. The average Bonchev–Trinajstić information content (AvgIpc) is 3.03. The van der Waals surface area contributed by atoms with Crippen LogP contribution in [0.25, 0.3) is 5.82 Å². The van der Waals surface area contributed by atoms with E-state index in [-0.39, 0.29) is 11.8 Å². The minimum atomic E-state index is -0.176. The summed E-state index contributed by atoms with van der Waals surface area (Å²) in [7, 11) is 0. The Morgan fingerprint density at radius 2 is 1.97 bits per heavy atom. The van der Waals surface area contributed by atoms with Gasteiger partial charge in [-0.1, -0.05) is 19.9 Å². The Hall–Kier alpha value is -2.74. The van der Waals surface area contributed by atoms with Crippen molar-refractivity contribution in [3.63, 3.8) is 0 Å². The number of hydrogen-bond acceptors (Lipinski definition) is 6. The Morgan fingerprint density at radius 3 is 2.52 bits per heavy atom. The third-order valence-electron chi connectivity index (χ3n) is 4.50. The number of pyridine rings is 1. The van der Waals surface area contributed by atoms with E-state index in [1.165, 1.54) is 11.8 Å². The van der Waals surface area contributed by atoms with Crippen molar-refractivity contribution in [2.24, 2.45) is 0 Å². The van der Waals surface area contributed by atoms with Crippen molar-refractivity contribution in [3.8, 4) is 5.82 Å². The van der Waals surface area contributed by atoms with Gasteiger partial charge in [0.2, 0.25) is 0 Å². The van der Waals surface area contributed by atoms with Crippen molar-refractivity contribution >= 4 is 17.7 Å². The summed E-state index contributed by atoms with van der Waals surface area (Å²) >= 11 is 1.46. The van der Waals surface area contributed by atoms with Crippen molar-refractivity contribution in [2.45, 2.75) is 52.1 Å². The van der Waals surface area contributed by atoms with Gasteiger partial charge in [0.05, 0.1) is 17.0 Å². The summed E-state index contributed by atoms with van der Waals surface area (Å²) in [6, 6.07) is 5.86. The number of amides is 1. The molecule has 8 heteroatoms. The molecule has 0 saturated heterocycles. The molecule has 1 amide bonds. The van der Waals surface area contributed by atoms with Crippen molar-refractivity contribution in [3.05, 3.63) is 58.4 Å². The second kappa shape index (κ2) is 8.73. The minimum absolute atomic E-state index is 0.176. The molecule has 0 aliphatic carbocycles. The van der Waals surface area contributed by atoms with E-state index in [9.17, 15) is 4.79 Å². The van der Waals surface area contributed by atoms with E-state index in [1.807, 2.05) is 59.1 Å². The van der Waals surface area contributed by atoms with E-state index in [1.54, 1.807) is 10.9 Å². The topological polar surface area (TPSA) is 85.6 Å². The van der Waals surface area contributed by atoms with Crippen molar-refractivity contribution in [2.75, 3.05) is 6.26 Å². The molecular weight excluding hydrogens is 384 g/mol. The van der Waals surface area contributed by atoms with E-state index in [4.69, 9.17) is 0 Å². The van der Waals surface area contributed by atoms with Gasteiger partial charge < -0.3 is 5.32 Å². The number of nitrogens with one attached hydrogen (secondary N) is 1. The summed E-state index contributed by atoms with van der Waals surface area (Å²) < 4.78 is 1.80. The monoisotopic (exact) mass is 410 g/mol. The van der Waals surface area contributed by atoms with Crippen LogP contribution in [0.15, 0.2) is 29.4 Å². The Labute approximate surface area is 175 Å². The molecule has 3 heterocycles. The lowest BCUT2D eigenvalue weighted by Gasteiger charge is -2.13. The highest BCUT2D eigenvalue weighted by atomic mass is 32.2. The maximum atomic E-state index is 12.8. The van der Waals surface area contributed by atoms with E-state index in [0.29, 0.717) is 22.8 Å². The molecule has 1 N–H and O–H groups in total. The Morgan fingerprint density at radius 1 is 1.21 bits per heavy atom. The highest BCUT2D eigenvalue weighted by Gasteiger charge is 2.19. The summed E-state index contributed by atoms with van der Waals surface area (Å²) in [5.41, 5.74) is 4.12. The minimum Gasteiger partial charge on any atom is -0.348 e. The molecule has 0 aliphatic heterocycles. The summed E-state index contributed by atoms with van der Waals surface area (Å²) in [4.78, 5) is 26.3. The number of hydrogen-bond donors (Lipinski definition) is 1. The summed E-state index contributed by atoms with van der Waals surface area (Å²) in [5, 5.41) is 8.11. The molecule has 29 heavy (non-hydrogen) atoms. The third kappa shape index (κ3) is 4.64. The summed E-state index contributed by atoms with van der Waals surface area (Å²) in [6.07, 6.45) is 3.68. The number of nitrogens with zero attached hydrogens (tertiary/aromatic N) is 5. The van der Waals surface area contributed by atoms with Gasteiger partial charge >= 0.3 is 0 Å². The lowest BCUT2D eigenvalue weighted by atomic mass is 10.1. The molecular formula is C21H26N6OS. The van der Waals surface area contributed by atoms with Gasteiger partial charge in [-0.25, -0.2) is 19.6 Å². The third-order valence-corrected chi connectivity index (χ3v) is 5.18. The first-order chi connectivity index (χ1) is 13.8. The van der Waals surface area contributed by atoms with Gasteiger partial charge in [0.1, 0.15) is 10.9 Å². The van der Waals surface area contributed by atoms with Crippen LogP contribution in [0.5, 0.6) is 0 Å². The summed E-state index contributed by atoms with van der Waals surface area (Å²) in [6.45, 7) is 10.3. The Kier molecular flexibility index (Phi) is 6.32. The van der Waals surface area contributed by atoms with E-state index < -0.39 is 0 Å². The number of aryl methyl sites for hydroxylation is 3. The zero-order valence-electron chi connectivity index (χ0n) is 17.6. The van der Waals surface area contributed by atoms with Crippen molar-refractivity contribution < 1.29 is 4.79 Å². The van der Waals surface area contributed by atoms with E-state index >= 15 is 0 Å². The van der Waals surface area contributed by atoms with Crippen LogP contribution in [0.1, 0.15) is 58.6 Å². The molecule has 7 nitrogen and oxygen atoms in total. The standard InChI is InChI=1S/C21H26N6OS/c1-12(2)19-24-15(5)18(21(25-19)29-6)20(28)23-11-16-7-8-17(22-10-16)27-14(4)9-13(3)26-27/h7-10,12H,11H2,1-6H3,(H,23,28). The Balaban J connectivity index is 1.73. The van der Waals surface area contributed by atoms with Crippen LogP contribution >= 0.6 is 11.8 Å². The molecule has 0 atom stereocenters. The van der Waals surface area contributed by atoms with Crippen LogP contribution in [0.3, 0.4) is 0 Å². The van der Waals surface area contributed by atoms with Crippen LogP contribution in [-0.2, 0) is 6.54 Å². The molecule has 0 radical (unpaired) electrons. The number of thioether (sulfide) groups is 1. The molecule has 3 aromatic heterocycles. The molecule has 0 aromatic carbocycles. The number of carbonyl (C=O) groups excluding carboxylic acids is 1. The molecule has 0 bridgehead atoms. The molecule has 0 saturated carbocycles. The zero-order chi connectivity index (χ0) is 21.1. The molecule has 0 aliphatic rings. The fourth-order valence-electron chi connectivity index (χ4n) is 3.01. The number of rotatable bonds is 6. The number of carbonyl (C=O) groups is 1. The van der Waals surface area contributed by atoms with Crippen LogP contribution in [0.2, 0.25) is 0 Å². The van der Waals surface area contributed by atoms with Crippen molar-refractivity contribution in [1.82, 2.24) is 30.0 Å². The van der Waals surface area contributed by atoms with Crippen LogP contribution < -0.4 is 5.32 Å². The van der Waals surface area contributed by atoms with Gasteiger partial charge in [-0.15, -0.1) is 11.8 Å². The van der Waals surface area contributed by atoms with Gasteiger partial charge in [-0.2, -0.15) is 5.10 Å². The van der Waals surface area contributed by atoms with E-state index in [2.05, 4.69) is 25.4 Å². The van der Waals surface area contributed by atoms with Gasteiger partial charge in [-0.3, -0.25) is 4.79 Å². The lowest BCUT2D eigenvalue weighted by molar-refractivity contribution is 0.0946. The maximum Gasteiger partial charge on any atom is 0.256 e. The van der Waals surface area contributed by atoms with Crippen LogP contribution in [-0.4, -0.2) is 36.9 Å². The predicted octanol–water partition coefficient (Wildman–Crippen LogP) is 3.76. The molecule has 3 rings (SSSR count). The van der Waals surface area contributed by atoms with Gasteiger partial charge in [0.25, 0.3) is 5.91 Å². The van der Waals surface area contributed by atoms with Crippen LogP contribution in [0.4, 0.5) is 0 Å². The normalized spacial score (nSPS) is 11.1. The largest absolute Gasteiger partial charge is 0.348 e. The quantitative estimate of drug-likeness (QED) is 0.492. The van der Waals surface area contributed by atoms with E-state index in [0.717, 1.165) is 28.6 Å². The fourth-order valence-corrected chi connectivity index (χ4v) is 3.64. The highest BCUT2D eigenvalue weighted by molar-refractivity contribution is 7.98. The second-order valence-corrected chi connectivity index (χ2v) is 8.05. The van der Waals surface area contributed by atoms with Gasteiger partial charge in [-0.05, 0) is 44.7 Å². The molecule has 152 valence electrons. The van der Waals surface area contributed by atoms with Crippen LogP contribution in [0, 0.1) is 20.8 Å². The van der Waals surface area contributed by atoms with Gasteiger partial charge in [0, 0.05) is 24.4 Å². The smallest absolute Gasteiger partial charge is 0.256 e. The summed E-state index contributed by atoms with van der Waals surface area (Å²) in [5.74, 6) is 1.55. The first-order valence-electron chi connectivity index (χ1n) is 9.49. The molecule has 0 unspecified atom stereocenters. The van der Waals surface area contributed by atoms with Crippen molar-refractivity contribution in [1.29, 1.82) is 0 Å². The number of aromatic nitrogens is 5. The first kappa shape index (κ1) is 21.0. The maximum absolute atomic E-state index is 12.8. The predicted molar refractivity (Wildman–Crippen MR) is 115 cm³/mol. The molecule has 0 spiro atoms. The molecule has 3 aromatic rings. The highest BCUT2D eigenvalue weighted by Crippen LogP contribution is 2.23. The van der Waals surface area contributed by atoms with Gasteiger partial charge in [0.15, 0.2) is 5.82 Å².